The van der Waals surface area contributed by atoms with Gasteiger partial charge in [-0.05, 0) is 31.1 Å². The van der Waals surface area contributed by atoms with E-state index in [0.29, 0.717) is 0 Å². The first-order chi connectivity index (χ1) is 6.38. The van der Waals surface area contributed by atoms with Crippen molar-refractivity contribution in [3.8, 4) is 0 Å². The summed E-state index contributed by atoms with van der Waals surface area (Å²) in [5.74, 6) is 1.18. The molecular weight excluding hydrogens is 162 g/mol. The van der Waals surface area contributed by atoms with E-state index in [2.05, 4.69) is 15.2 Å². The van der Waals surface area contributed by atoms with Crippen molar-refractivity contribution in [1.82, 2.24) is 10.2 Å². The van der Waals surface area contributed by atoms with E-state index < -0.39 is 0 Å². The van der Waals surface area contributed by atoms with Crippen LogP contribution in [0, 0.1) is 5.41 Å². The normalized spacial score (nSPS) is 30.2. The fraction of sp³-hybridized carbons (Fsp3) is 0.900. The molecule has 0 atom stereocenters. The minimum atomic E-state index is 0.724. The molecule has 0 aromatic rings. The summed E-state index contributed by atoms with van der Waals surface area (Å²) >= 11 is 0. The van der Waals surface area contributed by atoms with Gasteiger partial charge in [0.05, 0.1) is 0 Å². The lowest BCUT2D eigenvalue weighted by Crippen LogP contribution is -2.43. The Morgan fingerprint density at radius 1 is 1.31 bits per heavy atom. The molecule has 3 nitrogen and oxygen atoms in total. The second-order valence-electron chi connectivity index (χ2n) is 4.66. The van der Waals surface area contributed by atoms with Gasteiger partial charge >= 0.3 is 0 Å². The molecule has 0 unspecified atom stereocenters. The third-order valence-electron chi connectivity index (χ3n) is 3.57. The van der Waals surface area contributed by atoms with E-state index in [1.807, 2.05) is 0 Å². The summed E-state index contributed by atoms with van der Waals surface area (Å²) in [6, 6.07) is 0. The quantitative estimate of drug-likeness (QED) is 0.596. The van der Waals surface area contributed by atoms with E-state index in [4.69, 9.17) is 0 Å². The average molecular weight is 179 g/mol. The predicted octanol–water partition coefficient (Wildman–Crippen LogP) is 0.822. The van der Waals surface area contributed by atoms with E-state index in [0.717, 1.165) is 18.5 Å². The van der Waals surface area contributed by atoms with Gasteiger partial charge in [-0.15, -0.1) is 0 Å². The van der Waals surface area contributed by atoms with E-state index in [9.17, 15) is 0 Å². The minimum absolute atomic E-state index is 0.724. The third-order valence-corrected chi connectivity index (χ3v) is 3.57. The van der Waals surface area contributed by atoms with Gasteiger partial charge < -0.3 is 10.2 Å². The van der Waals surface area contributed by atoms with Gasteiger partial charge in [0.25, 0.3) is 0 Å². The van der Waals surface area contributed by atoms with E-state index >= 15 is 0 Å². The van der Waals surface area contributed by atoms with Crippen molar-refractivity contribution in [2.75, 3.05) is 26.2 Å². The molecule has 0 amide bonds. The Morgan fingerprint density at radius 3 is 2.85 bits per heavy atom. The zero-order valence-corrected chi connectivity index (χ0v) is 8.05. The molecular formula is C10H17N3. The molecule has 1 saturated carbocycles. The number of hydrogen-bond acceptors (Lipinski definition) is 3. The number of hydrogen-bond donors (Lipinski definition) is 1. The van der Waals surface area contributed by atoms with Crippen LogP contribution in [-0.4, -0.2) is 37.0 Å². The van der Waals surface area contributed by atoms with Crippen LogP contribution in [0.5, 0.6) is 0 Å². The van der Waals surface area contributed by atoms with Gasteiger partial charge in [0.1, 0.15) is 0 Å². The molecule has 3 aliphatic rings. The molecule has 1 N–H and O–H groups in total. The second-order valence-corrected chi connectivity index (χ2v) is 4.66. The van der Waals surface area contributed by atoms with Crippen molar-refractivity contribution in [2.45, 2.75) is 25.7 Å². The van der Waals surface area contributed by atoms with Crippen molar-refractivity contribution in [2.24, 2.45) is 10.4 Å². The Labute approximate surface area is 79.2 Å². The van der Waals surface area contributed by atoms with Crippen molar-refractivity contribution in [1.29, 1.82) is 0 Å². The highest BCUT2D eigenvalue weighted by atomic mass is 15.3. The van der Waals surface area contributed by atoms with Crippen LogP contribution < -0.4 is 5.32 Å². The Bertz CT molecular complexity index is 243. The van der Waals surface area contributed by atoms with Crippen LogP contribution in [0.15, 0.2) is 4.99 Å². The molecule has 0 aromatic carbocycles. The van der Waals surface area contributed by atoms with Crippen molar-refractivity contribution >= 4 is 5.96 Å². The zero-order valence-electron chi connectivity index (χ0n) is 8.05. The first-order valence-electron chi connectivity index (χ1n) is 5.41. The molecule has 72 valence electrons. The third kappa shape index (κ3) is 1.30. The molecule has 1 saturated heterocycles. The summed E-state index contributed by atoms with van der Waals surface area (Å²) in [6.45, 7) is 4.62. The molecule has 2 heterocycles. The first kappa shape index (κ1) is 7.65. The Kier molecular flexibility index (Phi) is 1.55. The second kappa shape index (κ2) is 2.63. The van der Waals surface area contributed by atoms with Crippen molar-refractivity contribution in [3.63, 3.8) is 0 Å². The summed E-state index contributed by atoms with van der Waals surface area (Å²) in [7, 11) is 0. The lowest BCUT2D eigenvalue weighted by atomic mass is 10.1. The van der Waals surface area contributed by atoms with Crippen molar-refractivity contribution < 1.29 is 0 Å². The number of nitrogens with zero attached hydrogens (tertiary/aromatic N) is 2. The lowest BCUT2D eigenvalue weighted by molar-refractivity contribution is 0.445. The lowest BCUT2D eigenvalue weighted by Gasteiger charge is -2.24. The SMILES string of the molecule is C1CN=C(N2CCC3(CC3)C2)NC1. The van der Waals surface area contributed by atoms with Gasteiger partial charge in [-0.3, -0.25) is 4.99 Å². The van der Waals surface area contributed by atoms with Crippen LogP contribution in [0.3, 0.4) is 0 Å². The number of aliphatic imine (C=N–C) groups is 1. The summed E-state index contributed by atoms with van der Waals surface area (Å²) in [5.41, 5.74) is 0.724. The van der Waals surface area contributed by atoms with Gasteiger partial charge in [-0.1, -0.05) is 0 Å². The van der Waals surface area contributed by atoms with Crippen LogP contribution in [0.4, 0.5) is 0 Å². The molecule has 0 bridgehead atoms. The average Bonchev–Trinajstić information content (AvgIpc) is 2.78. The highest BCUT2D eigenvalue weighted by molar-refractivity contribution is 5.80. The highest BCUT2D eigenvalue weighted by Crippen LogP contribution is 2.52. The standard InChI is InChI=1S/C10H17N3/c1-5-11-9(12-6-1)13-7-4-10(8-13)2-3-10/h1-8H2,(H,11,12). The van der Waals surface area contributed by atoms with Crippen LogP contribution in [0.2, 0.25) is 0 Å². The van der Waals surface area contributed by atoms with Gasteiger partial charge in [0.15, 0.2) is 5.96 Å². The smallest absolute Gasteiger partial charge is 0.193 e. The molecule has 0 radical (unpaired) electrons. The monoisotopic (exact) mass is 179 g/mol. The van der Waals surface area contributed by atoms with E-state index in [1.165, 1.54) is 44.7 Å². The number of nitrogens with one attached hydrogen (secondary N) is 1. The molecule has 1 spiro atoms. The van der Waals surface area contributed by atoms with E-state index in [1.54, 1.807) is 0 Å². The summed E-state index contributed by atoms with van der Waals surface area (Å²) in [4.78, 5) is 6.99. The van der Waals surface area contributed by atoms with E-state index in [-0.39, 0.29) is 0 Å². The molecule has 2 fully saturated rings. The summed E-state index contributed by atoms with van der Waals surface area (Å²) in [6.07, 6.45) is 5.50. The van der Waals surface area contributed by atoms with Gasteiger partial charge in [0, 0.05) is 26.2 Å². The topological polar surface area (TPSA) is 27.6 Å². The summed E-state index contributed by atoms with van der Waals surface area (Å²) < 4.78 is 0. The molecule has 3 heteroatoms. The molecule has 2 aliphatic heterocycles. The van der Waals surface area contributed by atoms with Gasteiger partial charge in [-0.25, -0.2) is 0 Å². The number of likely N-dealkylation sites (tertiary alicyclic amines) is 1. The Hall–Kier alpha value is -0.730. The highest BCUT2D eigenvalue weighted by Gasteiger charge is 2.48. The maximum absolute atomic E-state index is 4.54. The van der Waals surface area contributed by atoms with Crippen LogP contribution in [-0.2, 0) is 0 Å². The van der Waals surface area contributed by atoms with Crippen LogP contribution in [0.1, 0.15) is 25.7 Å². The molecule has 3 rings (SSSR count). The molecule has 13 heavy (non-hydrogen) atoms. The summed E-state index contributed by atoms with van der Waals surface area (Å²) in [5, 5.41) is 3.40. The minimum Gasteiger partial charge on any atom is -0.356 e. The number of guanidine groups is 1. The Morgan fingerprint density at radius 2 is 2.23 bits per heavy atom. The van der Waals surface area contributed by atoms with Crippen molar-refractivity contribution in [3.05, 3.63) is 0 Å². The fourth-order valence-electron chi connectivity index (χ4n) is 2.43. The van der Waals surface area contributed by atoms with Crippen LogP contribution >= 0.6 is 0 Å². The van der Waals surface area contributed by atoms with Crippen LogP contribution in [0.25, 0.3) is 0 Å². The zero-order chi connectivity index (χ0) is 8.73. The predicted molar refractivity (Wildman–Crippen MR) is 52.8 cm³/mol. The first-order valence-corrected chi connectivity index (χ1v) is 5.41. The van der Waals surface area contributed by atoms with Gasteiger partial charge in [0.2, 0.25) is 0 Å². The van der Waals surface area contributed by atoms with Gasteiger partial charge in [-0.2, -0.15) is 0 Å². The number of rotatable bonds is 0. The Balaban J connectivity index is 1.68. The molecule has 1 aliphatic carbocycles. The largest absolute Gasteiger partial charge is 0.356 e. The fourth-order valence-corrected chi connectivity index (χ4v) is 2.43. The maximum atomic E-state index is 4.54. The molecule has 0 aromatic heterocycles. The maximum Gasteiger partial charge on any atom is 0.193 e.